The molecule has 0 aromatic carbocycles. The maximum atomic E-state index is 5.99. The number of aromatic nitrogens is 1. The lowest BCUT2D eigenvalue weighted by Gasteiger charge is -2.34. The molecule has 1 aromatic rings. The summed E-state index contributed by atoms with van der Waals surface area (Å²) in [6.07, 6.45) is 2.96. The average Bonchev–Trinajstić information content (AvgIpc) is 2.25. The summed E-state index contributed by atoms with van der Waals surface area (Å²) in [7, 11) is 0. The molecule has 1 fully saturated rings. The second-order valence-corrected chi connectivity index (χ2v) is 4.49. The van der Waals surface area contributed by atoms with Crippen LogP contribution >= 0.6 is 0 Å². The van der Waals surface area contributed by atoms with Gasteiger partial charge < -0.3 is 5.73 Å². The molecule has 1 aromatic heterocycles. The summed E-state index contributed by atoms with van der Waals surface area (Å²) in [5.74, 6) is 0.600. The van der Waals surface area contributed by atoms with Gasteiger partial charge in [-0.15, -0.1) is 0 Å². The van der Waals surface area contributed by atoms with E-state index >= 15 is 0 Å². The number of hydrogen-bond acceptors (Lipinski definition) is 3. The zero-order valence-electron chi connectivity index (χ0n) is 9.26. The molecule has 1 aliphatic heterocycles. The minimum atomic E-state index is 0.380. The third-order valence-electron chi connectivity index (χ3n) is 3.17. The van der Waals surface area contributed by atoms with Crippen LogP contribution in [0.25, 0.3) is 0 Å². The fourth-order valence-electron chi connectivity index (χ4n) is 2.11. The SMILES string of the molecule is CC1CN(Cc2ccccn2)CCC1N. The van der Waals surface area contributed by atoms with E-state index in [1.807, 2.05) is 18.3 Å². The minimum absolute atomic E-state index is 0.380. The highest BCUT2D eigenvalue weighted by Crippen LogP contribution is 2.16. The average molecular weight is 205 g/mol. The van der Waals surface area contributed by atoms with E-state index < -0.39 is 0 Å². The van der Waals surface area contributed by atoms with Gasteiger partial charge >= 0.3 is 0 Å². The van der Waals surface area contributed by atoms with Gasteiger partial charge in [0.05, 0.1) is 5.69 Å². The number of nitrogens with two attached hydrogens (primary N) is 1. The van der Waals surface area contributed by atoms with Crippen LogP contribution in [-0.2, 0) is 6.54 Å². The summed E-state index contributed by atoms with van der Waals surface area (Å²) >= 11 is 0. The van der Waals surface area contributed by atoms with Crippen LogP contribution in [0.3, 0.4) is 0 Å². The molecule has 0 spiro atoms. The predicted octanol–water partition coefficient (Wildman–Crippen LogP) is 1.25. The predicted molar refractivity (Wildman–Crippen MR) is 61.3 cm³/mol. The number of hydrogen-bond donors (Lipinski definition) is 1. The monoisotopic (exact) mass is 205 g/mol. The molecule has 15 heavy (non-hydrogen) atoms. The Hall–Kier alpha value is -0.930. The molecule has 2 rings (SSSR count). The van der Waals surface area contributed by atoms with Gasteiger partial charge in [0, 0.05) is 31.9 Å². The number of piperidine rings is 1. The molecule has 2 heterocycles. The van der Waals surface area contributed by atoms with Crippen molar-refractivity contribution in [3.63, 3.8) is 0 Å². The largest absolute Gasteiger partial charge is 0.327 e. The van der Waals surface area contributed by atoms with E-state index in [4.69, 9.17) is 5.73 Å². The summed E-state index contributed by atoms with van der Waals surface area (Å²) in [5, 5.41) is 0. The van der Waals surface area contributed by atoms with Crippen LogP contribution in [0.4, 0.5) is 0 Å². The Kier molecular flexibility index (Phi) is 3.34. The first-order valence-electron chi connectivity index (χ1n) is 5.63. The summed E-state index contributed by atoms with van der Waals surface area (Å²) in [4.78, 5) is 6.78. The molecule has 0 bridgehead atoms. The third-order valence-corrected chi connectivity index (χ3v) is 3.17. The van der Waals surface area contributed by atoms with Gasteiger partial charge in [0.15, 0.2) is 0 Å². The highest BCUT2D eigenvalue weighted by atomic mass is 15.1. The summed E-state index contributed by atoms with van der Waals surface area (Å²) in [5.41, 5.74) is 7.14. The summed E-state index contributed by atoms with van der Waals surface area (Å²) in [6.45, 7) is 5.38. The Bertz CT molecular complexity index is 299. The molecule has 0 aliphatic carbocycles. The Morgan fingerprint density at radius 2 is 2.40 bits per heavy atom. The Balaban J connectivity index is 1.91. The molecule has 2 N–H and O–H groups in total. The van der Waals surface area contributed by atoms with Crippen LogP contribution in [0, 0.1) is 5.92 Å². The third kappa shape index (κ3) is 2.76. The molecule has 1 saturated heterocycles. The zero-order valence-corrected chi connectivity index (χ0v) is 9.26. The Morgan fingerprint density at radius 3 is 3.07 bits per heavy atom. The lowest BCUT2D eigenvalue weighted by Crippen LogP contribution is -2.45. The molecule has 1 aliphatic rings. The Labute approximate surface area is 91.3 Å². The van der Waals surface area contributed by atoms with Crippen molar-refractivity contribution in [3.05, 3.63) is 30.1 Å². The Morgan fingerprint density at radius 1 is 1.53 bits per heavy atom. The van der Waals surface area contributed by atoms with Gasteiger partial charge in [-0.05, 0) is 24.5 Å². The summed E-state index contributed by atoms with van der Waals surface area (Å²) < 4.78 is 0. The molecule has 0 amide bonds. The second-order valence-electron chi connectivity index (χ2n) is 4.49. The van der Waals surface area contributed by atoms with E-state index in [1.54, 1.807) is 0 Å². The van der Waals surface area contributed by atoms with Gasteiger partial charge in [-0.25, -0.2) is 0 Å². The van der Waals surface area contributed by atoms with E-state index in [2.05, 4.69) is 22.9 Å². The van der Waals surface area contributed by atoms with E-state index in [-0.39, 0.29) is 0 Å². The molecule has 2 atom stereocenters. The van der Waals surface area contributed by atoms with E-state index in [0.29, 0.717) is 12.0 Å². The molecular formula is C12H19N3. The van der Waals surface area contributed by atoms with Crippen molar-refractivity contribution in [2.24, 2.45) is 11.7 Å². The van der Waals surface area contributed by atoms with Gasteiger partial charge in [0.2, 0.25) is 0 Å². The maximum absolute atomic E-state index is 5.99. The van der Waals surface area contributed by atoms with Crippen molar-refractivity contribution in [1.29, 1.82) is 0 Å². The standard InChI is InChI=1S/C12H19N3/c1-10-8-15(7-5-12(10)13)9-11-4-2-3-6-14-11/h2-4,6,10,12H,5,7-9,13H2,1H3. The zero-order chi connectivity index (χ0) is 10.7. The molecule has 3 nitrogen and oxygen atoms in total. The maximum Gasteiger partial charge on any atom is 0.0543 e. The molecule has 82 valence electrons. The topological polar surface area (TPSA) is 42.2 Å². The minimum Gasteiger partial charge on any atom is -0.327 e. The van der Waals surface area contributed by atoms with Crippen LogP contribution in [0.15, 0.2) is 24.4 Å². The van der Waals surface area contributed by atoms with Gasteiger partial charge in [0.25, 0.3) is 0 Å². The highest BCUT2D eigenvalue weighted by molar-refractivity contribution is 5.03. The first kappa shape index (κ1) is 10.6. The fourth-order valence-corrected chi connectivity index (χ4v) is 2.11. The molecule has 0 saturated carbocycles. The van der Waals surface area contributed by atoms with Gasteiger partial charge in [-0.1, -0.05) is 13.0 Å². The van der Waals surface area contributed by atoms with E-state index in [9.17, 15) is 0 Å². The van der Waals surface area contributed by atoms with Crippen molar-refractivity contribution < 1.29 is 0 Å². The number of nitrogens with zero attached hydrogens (tertiary/aromatic N) is 2. The lowest BCUT2D eigenvalue weighted by molar-refractivity contribution is 0.156. The first-order chi connectivity index (χ1) is 7.25. The van der Waals surface area contributed by atoms with Crippen LogP contribution in [0.2, 0.25) is 0 Å². The summed E-state index contributed by atoms with van der Waals surface area (Å²) in [6, 6.07) is 6.46. The van der Waals surface area contributed by atoms with Gasteiger partial charge in [-0.3, -0.25) is 9.88 Å². The van der Waals surface area contributed by atoms with Crippen molar-refractivity contribution in [1.82, 2.24) is 9.88 Å². The van der Waals surface area contributed by atoms with Crippen molar-refractivity contribution in [2.45, 2.75) is 25.9 Å². The molecule has 3 heteroatoms. The molecule has 2 unspecified atom stereocenters. The fraction of sp³-hybridized carbons (Fsp3) is 0.583. The normalized spacial score (nSPS) is 27.9. The van der Waals surface area contributed by atoms with Crippen LogP contribution in [0.5, 0.6) is 0 Å². The van der Waals surface area contributed by atoms with Crippen LogP contribution in [0.1, 0.15) is 19.0 Å². The van der Waals surface area contributed by atoms with Crippen LogP contribution < -0.4 is 5.73 Å². The van der Waals surface area contributed by atoms with Crippen LogP contribution in [-0.4, -0.2) is 29.0 Å². The quantitative estimate of drug-likeness (QED) is 0.790. The van der Waals surface area contributed by atoms with Gasteiger partial charge in [0.1, 0.15) is 0 Å². The van der Waals surface area contributed by atoms with E-state index in [1.165, 1.54) is 0 Å². The highest BCUT2D eigenvalue weighted by Gasteiger charge is 2.22. The van der Waals surface area contributed by atoms with Gasteiger partial charge in [-0.2, -0.15) is 0 Å². The first-order valence-corrected chi connectivity index (χ1v) is 5.63. The van der Waals surface area contributed by atoms with Crippen molar-refractivity contribution in [2.75, 3.05) is 13.1 Å². The number of likely N-dealkylation sites (tertiary alicyclic amines) is 1. The van der Waals surface area contributed by atoms with Crippen molar-refractivity contribution in [3.8, 4) is 0 Å². The smallest absolute Gasteiger partial charge is 0.0543 e. The van der Waals surface area contributed by atoms with Crippen molar-refractivity contribution >= 4 is 0 Å². The molecule has 0 radical (unpaired) electrons. The lowest BCUT2D eigenvalue weighted by atomic mass is 9.95. The molecular weight excluding hydrogens is 186 g/mol. The number of rotatable bonds is 2. The van der Waals surface area contributed by atoms with E-state index in [0.717, 1.165) is 31.7 Å². The second kappa shape index (κ2) is 4.73. The number of pyridine rings is 1.